The summed E-state index contributed by atoms with van der Waals surface area (Å²) in [4.78, 5) is 14.8. The molecule has 0 aromatic rings. The van der Waals surface area contributed by atoms with Gasteiger partial charge < -0.3 is 4.90 Å². The molecule has 0 aliphatic carbocycles. The van der Waals surface area contributed by atoms with Crippen LogP contribution in [-0.2, 0) is 4.79 Å². The topological polar surface area (TPSA) is 44.1 Å². The van der Waals surface area contributed by atoms with Crippen molar-refractivity contribution in [2.45, 2.75) is 85.6 Å². The number of carbonyl (C=O) groups is 1. The molecule has 0 fully saturated rings. The number of amides is 1. The molecule has 3 heteroatoms. The second-order valence-corrected chi connectivity index (χ2v) is 5.99. The molecule has 1 amide bonds. The number of hydrogen-bond donors (Lipinski definition) is 0. The Morgan fingerprint density at radius 2 is 1.65 bits per heavy atom. The van der Waals surface area contributed by atoms with Crippen molar-refractivity contribution in [1.29, 1.82) is 5.26 Å². The summed E-state index contributed by atoms with van der Waals surface area (Å²) in [5, 5.41) is 9.61. The fourth-order valence-electron chi connectivity index (χ4n) is 2.75. The van der Waals surface area contributed by atoms with Crippen LogP contribution < -0.4 is 0 Å². The highest BCUT2D eigenvalue weighted by atomic mass is 16.2. The van der Waals surface area contributed by atoms with Crippen molar-refractivity contribution >= 4 is 5.91 Å². The quantitative estimate of drug-likeness (QED) is 0.552. The molecule has 0 atom stereocenters. The van der Waals surface area contributed by atoms with E-state index in [9.17, 15) is 10.1 Å². The number of unbranched alkanes of at least 4 members (excludes halogenated alkanes) is 2. The first-order valence-electron chi connectivity index (χ1n) is 8.21. The zero-order valence-electron chi connectivity index (χ0n) is 14.0. The largest absolute Gasteiger partial charge is 0.339 e. The van der Waals surface area contributed by atoms with Crippen molar-refractivity contribution in [1.82, 2.24) is 4.90 Å². The summed E-state index contributed by atoms with van der Waals surface area (Å²) < 4.78 is 0. The number of hydrogen-bond acceptors (Lipinski definition) is 2. The van der Waals surface area contributed by atoms with Gasteiger partial charge in [-0.05, 0) is 33.1 Å². The van der Waals surface area contributed by atoms with E-state index in [0.717, 1.165) is 38.6 Å². The molecule has 0 aliphatic heterocycles. The summed E-state index contributed by atoms with van der Waals surface area (Å²) in [6.07, 6.45) is 6.41. The molecule has 0 rings (SSSR count). The zero-order valence-corrected chi connectivity index (χ0v) is 14.0. The van der Waals surface area contributed by atoms with Gasteiger partial charge in [-0.1, -0.05) is 46.5 Å². The maximum absolute atomic E-state index is 12.9. The van der Waals surface area contributed by atoms with Gasteiger partial charge in [0.1, 0.15) is 5.41 Å². The van der Waals surface area contributed by atoms with E-state index in [4.69, 9.17) is 0 Å². The van der Waals surface area contributed by atoms with Gasteiger partial charge in [-0.2, -0.15) is 5.26 Å². The van der Waals surface area contributed by atoms with Crippen LogP contribution in [0.5, 0.6) is 0 Å². The van der Waals surface area contributed by atoms with Gasteiger partial charge in [-0.3, -0.25) is 4.79 Å². The molecule has 0 saturated heterocycles. The average molecular weight is 280 g/mol. The van der Waals surface area contributed by atoms with E-state index in [1.165, 1.54) is 0 Å². The van der Waals surface area contributed by atoms with Crippen molar-refractivity contribution in [3.05, 3.63) is 0 Å². The summed E-state index contributed by atoms with van der Waals surface area (Å²) in [7, 11) is 0. The normalized spacial score (nSPS) is 11.4. The summed E-state index contributed by atoms with van der Waals surface area (Å²) in [5.41, 5.74) is -0.806. The molecule has 0 N–H and O–H groups in total. The highest BCUT2D eigenvalue weighted by molar-refractivity contribution is 5.85. The number of nitrogens with zero attached hydrogens (tertiary/aromatic N) is 2. The van der Waals surface area contributed by atoms with Crippen molar-refractivity contribution in [2.24, 2.45) is 5.41 Å². The lowest BCUT2D eigenvalue weighted by molar-refractivity contribution is -0.141. The Morgan fingerprint density at radius 1 is 1.10 bits per heavy atom. The van der Waals surface area contributed by atoms with E-state index in [0.29, 0.717) is 12.8 Å². The third kappa shape index (κ3) is 5.15. The minimum Gasteiger partial charge on any atom is -0.339 e. The van der Waals surface area contributed by atoms with Gasteiger partial charge in [0.25, 0.3) is 0 Å². The Balaban J connectivity index is 5.10. The first kappa shape index (κ1) is 19.0. The maximum atomic E-state index is 12.9. The monoisotopic (exact) mass is 280 g/mol. The van der Waals surface area contributed by atoms with Crippen LogP contribution in [0.2, 0.25) is 0 Å². The van der Waals surface area contributed by atoms with E-state index in [-0.39, 0.29) is 11.9 Å². The Kier molecular flexibility index (Phi) is 9.29. The SMILES string of the molecule is CCCCCN(C(=O)C(C#N)(CCC)CCC)C(C)C. The van der Waals surface area contributed by atoms with Crippen LogP contribution in [0.25, 0.3) is 0 Å². The summed E-state index contributed by atoms with van der Waals surface area (Å²) >= 11 is 0. The van der Waals surface area contributed by atoms with Crippen LogP contribution in [0.4, 0.5) is 0 Å². The Labute approximate surface area is 125 Å². The van der Waals surface area contributed by atoms with E-state index in [1.807, 2.05) is 32.6 Å². The Hall–Kier alpha value is -1.04. The molecule has 0 aromatic heterocycles. The molecule has 0 heterocycles. The van der Waals surface area contributed by atoms with Gasteiger partial charge in [0, 0.05) is 12.6 Å². The smallest absolute Gasteiger partial charge is 0.243 e. The molecule has 0 aliphatic rings. The van der Waals surface area contributed by atoms with Crippen molar-refractivity contribution < 1.29 is 4.79 Å². The molecule has 116 valence electrons. The first-order chi connectivity index (χ1) is 9.48. The second-order valence-electron chi connectivity index (χ2n) is 5.99. The van der Waals surface area contributed by atoms with E-state index in [2.05, 4.69) is 13.0 Å². The van der Waals surface area contributed by atoms with Gasteiger partial charge in [0.2, 0.25) is 5.91 Å². The molecule has 0 saturated carbocycles. The predicted molar refractivity (Wildman–Crippen MR) is 84.2 cm³/mol. The lowest BCUT2D eigenvalue weighted by Crippen LogP contribution is -2.47. The van der Waals surface area contributed by atoms with E-state index >= 15 is 0 Å². The van der Waals surface area contributed by atoms with E-state index in [1.54, 1.807) is 0 Å². The molecular weight excluding hydrogens is 248 g/mol. The molecule has 0 aromatic carbocycles. The van der Waals surface area contributed by atoms with Crippen LogP contribution in [0.3, 0.4) is 0 Å². The van der Waals surface area contributed by atoms with Crippen molar-refractivity contribution in [3.8, 4) is 6.07 Å². The van der Waals surface area contributed by atoms with Crippen molar-refractivity contribution in [2.75, 3.05) is 6.54 Å². The summed E-state index contributed by atoms with van der Waals surface area (Å²) in [6, 6.07) is 2.52. The predicted octanol–water partition coefficient (Wildman–Crippen LogP) is 4.52. The standard InChI is InChI=1S/C17H32N2O/c1-6-9-10-13-19(15(4)5)16(20)17(14-18,11-7-2)12-8-3/h15H,6-13H2,1-5H3. The zero-order chi connectivity index (χ0) is 15.6. The lowest BCUT2D eigenvalue weighted by atomic mass is 9.79. The number of carbonyl (C=O) groups excluding carboxylic acids is 1. The highest BCUT2D eigenvalue weighted by Crippen LogP contribution is 2.32. The van der Waals surface area contributed by atoms with Crippen LogP contribution >= 0.6 is 0 Å². The number of nitriles is 1. The third-order valence-electron chi connectivity index (χ3n) is 3.86. The van der Waals surface area contributed by atoms with Crippen LogP contribution in [0.15, 0.2) is 0 Å². The van der Waals surface area contributed by atoms with Gasteiger partial charge in [-0.25, -0.2) is 0 Å². The molecule has 3 nitrogen and oxygen atoms in total. The Bertz CT molecular complexity index is 311. The minimum absolute atomic E-state index is 0.0507. The summed E-state index contributed by atoms with van der Waals surface area (Å²) in [5.74, 6) is 0.0507. The fraction of sp³-hybridized carbons (Fsp3) is 0.882. The molecule has 20 heavy (non-hydrogen) atoms. The molecule has 0 radical (unpaired) electrons. The highest BCUT2D eigenvalue weighted by Gasteiger charge is 2.40. The van der Waals surface area contributed by atoms with E-state index < -0.39 is 5.41 Å². The van der Waals surface area contributed by atoms with Crippen molar-refractivity contribution in [3.63, 3.8) is 0 Å². The van der Waals surface area contributed by atoms with Gasteiger partial charge in [0.05, 0.1) is 6.07 Å². The van der Waals surface area contributed by atoms with Crippen LogP contribution in [0, 0.1) is 16.7 Å². The molecule has 0 bridgehead atoms. The second kappa shape index (κ2) is 9.80. The fourth-order valence-corrected chi connectivity index (χ4v) is 2.75. The van der Waals surface area contributed by atoms with Gasteiger partial charge >= 0.3 is 0 Å². The van der Waals surface area contributed by atoms with Gasteiger partial charge in [0.15, 0.2) is 0 Å². The third-order valence-corrected chi connectivity index (χ3v) is 3.86. The first-order valence-corrected chi connectivity index (χ1v) is 8.21. The molecule has 0 unspecified atom stereocenters. The maximum Gasteiger partial charge on any atom is 0.243 e. The summed E-state index contributed by atoms with van der Waals surface area (Å²) in [6.45, 7) is 11.1. The average Bonchev–Trinajstić information content (AvgIpc) is 2.42. The molecule has 0 spiro atoms. The lowest BCUT2D eigenvalue weighted by Gasteiger charge is -2.35. The number of rotatable bonds is 10. The van der Waals surface area contributed by atoms with Crippen LogP contribution in [-0.4, -0.2) is 23.4 Å². The van der Waals surface area contributed by atoms with Gasteiger partial charge in [-0.15, -0.1) is 0 Å². The van der Waals surface area contributed by atoms with Crippen LogP contribution in [0.1, 0.15) is 79.6 Å². The minimum atomic E-state index is -0.806. The molecular formula is C17H32N2O. The Morgan fingerprint density at radius 3 is 2.00 bits per heavy atom.